The lowest BCUT2D eigenvalue weighted by Gasteiger charge is -2.07. The van der Waals surface area contributed by atoms with Gasteiger partial charge in [0.05, 0.1) is 4.90 Å². The van der Waals surface area contributed by atoms with Gasteiger partial charge in [-0.15, -0.1) is 0 Å². The summed E-state index contributed by atoms with van der Waals surface area (Å²) in [6.45, 7) is 5.47. The Morgan fingerprint density at radius 1 is 1.08 bits per heavy atom. The van der Waals surface area contributed by atoms with E-state index in [0.29, 0.717) is 5.69 Å². The van der Waals surface area contributed by atoms with Crippen LogP contribution in [0.15, 0.2) is 29.2 Å². The molecule has 0 atom stereocenters. The number of aryl methyl sites for hydroxylation is 1. The zero-order chi connectivity index (χ0) is 20.0. The molecule has 0 spiro atoms. The van der Waals surface area contributed by atoms with Gasteiger partial charge >= 0.3 is 16.5 Å². The van der Waals surface area contributed by atoms with E-state index in [1.165, 1.54) is 19.1 Å². The van der Waals surface area contributed by atoms with Crippen LogP contribution in [0.4, 0.5) is 16.0 Å². The molecule has 144 valence electrons. The summed E-state index contributed by atoms with van der Waals surface area (Å²) >= 11 is 0. The molecule has 1 heterocycles. The maximum Gasteiger partial charge on any atom is 0.398 e. The normalized spacial score (nSPS) is 11.4. The Kier molecular flexibility index (Phi) is 7.50. The lowest BCUT2D eigenvalue weighted by atomic mass is 10.3. The average molecular weight is 408 g/mol. The number of hydrogen-bond donors (Lipinski definition) is 2. The van der Waals surface area contributed by atoms with Crippen molar-refractivity contribution in [3.05, 3.63) is 36.2 Å². The van der Waals surface area contributed by atoms with Crippen LogP contribution < -0.4 is 5.32 Å². The van der Waals surface area contributed by atoms with Crippen molar-refractivity contribution >= 4 is 31.9 Å². The minimum absolute atomic E-state index is 0.0645. The first-order valence-electron chi connectivity index (χ1n) is 7.15. The molecular formula is C13H17FN4O6S2. The van der Waals surface area contributed by atoms with Gasteiger partial charge in [0.15, 0.2) is 5.94 Å². The molecule has 0 saturated heterocycles. The maximum absolute atomic E-state index is 13.1. The van der Waals surface area contributed by atoms with E-state index >= 15 is 0 Å². The number of sulfone groups is 1. The van der Waals surface area contributed by atoms with Gasteiger partial charge in [-0.25, -0.2) is 12.6 Å². The van der Waals surface area contributed by atoms with Crippen LogP contribution in [0.3, 0.4) is 0 Å². The van der Waals surface area contributed by atoms with E-state index in [9.17, 15) is 21.2 Å². The Morgan fingerprint density at radius 3 is 2.15 bits per heavy atom. The number of anilines is 2. The first-order valence-corrected chi connectivity index (χ1v) is 10.2. The second kappa shape index (κ2) is 8.93. The molecule has 2 rings (SSSR count). The number of aromatic nitrogens is 3. The lowest BCUT2D eigenvalue weighted by molar-refractivity contribution is 0.306. The monoisotopic (exact) mass is 408 g/mol. The summed E-state index contributed by atoms with van der Waals surface area (Å²) < 4.78 is 69.9. The summed E-state index contributed by atoms with van der Waals surface area (Å²) in [4.78, 5) is 10.4. The molecule has 13 heteroatoms. The zero-order valence-corrected chi connectivity index (χ0v) is 15.7. The fraction of sp³-hybridized carbons (Fsp3) is 0.308. The highest BCUT2D eigenvalue weighted by Crippen LogP contribution is 2.18. The van der Waals surface area contributed by atoms with Crippen LogP contribution in [-0.2, 0) is 24.4 Å². The highest BCUT2D eigenvalue weighted by atomic mass is 32.3. The zero-order valence-electron chi connectivity index (χ0n) is 14.0. The van der Waals surface area contributed by atoms with Gasteiger partial charge in [-0.1, -0.05) is 13.8 Å². The predicted octanol–water partition coefficient (Wildman–Crippen LogP) is 1.64. The van der Waals surface area contributed by atoms with Crippen molar-refractivity contribution in [2.75, 3.05) is 11.3 Å². The van der Waals surface area contributed by atoms with E-state index in [2.05, 4.69) is 24.5 Å². The topological polar surface area (TPSA) is 148 Å². The number of nitrogens with zero attached hydrogens (tertiary/aromatic N) is 3. The maximum atomic E-state index is 13.1. The Morgan fingerprint density at radius 2 is 1.65 bits per heavy atom. The minimum Gasteiger partial charge on any atom is -0.324 e. The summed E-state index contributed by atoms with van der Waals surface area (Å²) in [5, 5.41) is 2.66. The van der Waals surface area contributed by atoms with Gasteiger partial charge in [-0.3, -0.25) is 4.55 Å². The second-order valence-corrected chi connectivity index (χ2v) is 7.43. The highest BCUT2D eigenvalue weighted by Gasteiger charge is 2.18. The third-order valence-corrected chi connectivity index (χ3v) is 4.53. The second-order valence-electron chi connectivity index (χ2n) is 4.40. The van der Waals surface area contributed by atoms with E-state index in [4.69, 9.17) is 4.55 Å². The molecule has 2 aromatic rings. The molecule has 0 saturated carbocycles. The smallest absolute Gasteiger partial charge is 0.324 e. The predicted molar refractivity (Wildman–Crippen MR) is 90.3 cm³/mol. The van der Waals surface area contributed by atoms with Gasteiger partial charge < -0.3 is 5.32 Å². The Hall–Kier alpha value is -2.22. The molecule has 0 amide bonds. The van der Waals surface area contributed by atoms with Crippen LogP contribution in [0.2, 0.25) is 0 Å². The average Bonchev–Trinajstić information content (AvgIpc) is 2.54. The van der Waals surface area contributed by atoms with Crippen molar-refractivity contribution in [3.8, 4) is 0 Å². The van der Waals surface area contributed by atoms with Crippen LogP contribution in [-0.4, -0.2) is 42.3 Å². The SMILES string of the molecule is CC.Cc1nc(F)nc(Nc2ccc(S(=O)(=O)COS(=O)(=O)O)cc2)n1. The lowest BCUT2D eigenvalue weighted by Crippen LogP contribution is -2.14. The van der Waals surface area contributed by atoms with Gasteiger partial charge in [0, 0.05) is 5.69 Å². The van der Waals surface area contributed by atoms with Gasteiger partial charge in [0.25, 0.3) is 0 Å². The summed E-state index contributed by atoms with van der Waals surface area (Å²) in [7, 11) is -8.96. The Balaban J connectivity index is 0.00000163. The van der Waals surface area contributed by atoms with E-state index < -0.39 is 32.3 Å². The number of halogens is 1. The number of hydrogen-bond acceptors (Lipinski definition) is 9. The Bertz CT molecular complexity index is 929. The molecule has 0 fully saturated rings. The summed E-state index contributed by atoms with van der Waals surface area (Å²) in [6, 6.07) is 4.99. The molecule has 0 radical (unpaired) electrons. The van der Waals surface area contributed by atoms with Gasteiger partial charge in [0.1, 0.15) is 5.82 Å². The Labute approximate surface area is 150 Å². The fourth-order valence-electron chi connectivity index (χ4n) is 1.57. The van der Waals surface area contributed by atoms with Gasteiger partial charge in [-0.2, -0.15) is 27.8 Å². The van der Waals surface area contributed by atoms with Crippen LogP contribution in [0.1, 0.15) is 19.7 Å². The van der Waals surface area contributed by atoms with E-state index in [-0.39, 0.29) is 16.7 Å². The highest BCUT2D eigenvalue weighted by molar-refractivity contribution is 7.92. The summed E-state index contributed by atoms with van der Waals surface area (Å²) in [6.07, 6.45) is -0.966. The standard InChI is InChI=1S/C11H11FN4O6S2.C2H6/c1-7-13-10(12)16-11(14-7)15-8-2-4-9(5-3-8)23(17,18)6-22-24(19,20)21;1-2/h2-5H,6H2,1H3,(H,19,20,21)(H,13,14,15,16);1-2H3. The van der Waals surface area contributed by atoms with Crippen LogP contribution in [0.5, 0.6) is 0 Å². The first kappa shape index (κ1) is 21.8. The molecule has 0 bridgehead atoms. The molecule has 0 aliphatic heterocycles. The molecule has 1 aromatic heterocycles. The molecule has 0 aliphatic rings. The number of rotatable bonds is 6. The third kappa shape index (κ3) is 6.95. The van der Waals surface area contributed by atoms with Crippen molar-refractivity contribution in [2.24, 2.45) is 0 Å². The van der Waals surface area contributed by atoms with Crippen molar-refractivity contribution in [1.82, 2.24) is 15.0 Å². The van der Waals surface area contributed by atoms with Crippen molar-refractivity contribution < 1.29 is 30.0 Å². The van der Waals surface area contributed by atoms with Gasteiger partial charge in [0.2, 0.25) is 15.8 Å². The minimum atomic E-state index is -4.87. The van der Waals surface area contributed by atoms with E-state index in [1.54, 1.807) is 0 Å². The molecular weight excluding hydrogens is 391 g/mol. The quantitative estimate of drug-likeness (QED) is 0.675. The van der Waals surface area contributed by atoms with Crippen LogP contribution in [0.25, 0.3) is 0 Å². The van der Waals surface area contributed by atoms with Gasteiger partial charge in [-0.05, 0) is 31.2 Å². The van der Waals surface area contributed by atoms with Crippen molar-refractivity contribution in [2.45, 2.75) is 25.7 Å². The largest absolute Gasteiger partial charge is 0.398 e. The van der Waals surface area contributed by atoms with E-state index in [0.717, 1.165) is 12.1 Å². The van der Waals surface area contributed by atoms with Crippen LogP contribution in [0, 0.1) is 13.0 Å². The first-order chi connectivity index (χ1) is 12.0. The number of nitrogens with one attached hydrogen (secondary N) is 1. The molecule has 0 aliphatic carbocycles. The van der Waals surface area contributed by atoms with E-state index in [1.807, 2.05) is 13.8 Å². The molecule has 10 nitrogen and oxygen atoms in total. The molecule has 2 N–H and O–H groups in total. The summed E-state index contributed by atoms with van der Waals surface area (Å²) in [5.74, 6) is -1.15. The number of benzene rings is 1. The van der Waals surface area contributed by atoms with Crippen molar-refractivity contribution in [3.63, 3.8) is 0 Å². The molecule has 1 aromatic carbocycles. The third-order valence-electron chi connectivity index (χ3n) is 2.54. The van der Waals surface area contributed by atoms with Crippen LogP contribution >= 0.6 is 0 Å². The fourth-order valence-corrected chi connectivity index (χ4v) is 3.25. The summed E-state index contributed by atoms with van der Waals surface area (Å²) in [5.41, 5.74) is 0.356. The molecule has 0 unspecified atom stereocenters. The van der Waals surface area contributed by atoms with Crippen molar-refractivity contribution in [1.29, 1.82) is 0 Å². The molecule has 26 heavy (non-hydrogen) atoms.